The van der Waals surface area contributed by atoms with Gasteiger partial charge in [0.1, 0.15) is 5.75 Å². The standard InChI is InChI=1S/C22H26N2O4S/c1-3-28-19-9-7-18(8-10-19)23-29(26,27)20-11-12-21-17(14-20)13-15(2)24(21)22(25)16-5-4-6-16/h7-12,14-16,23H,3-6,13H2,1-2H3/t15-/m0/s1. The van der Waals surface area contributed by atoms with Crippen LogP contribution in [0.5, 0.6) is 5.75 Å². The van der Waals surface area contributed by atoms with Crippen LogP contribution in [0.3, 0.4) is 0 Å². The van der Waals surface area contributed by atoms with E-state index in [9.17, 15) is 13.2 Å². The minimum absolute atomic E-state index is 0.0510. The van der Waals surface area contributed by atoms with Crippen molar-refractivity contribution in [3.05, 3.63) is 48.0 Å². The Kier molecular flexibility index (Phi) is 5.25. The number of carbonyl (C=O) groups is 1. The van der Waals surface area contributed by atoms with E-state index in [4.69, 9.17) is 4.74 Å². The van der Waals surface area contributed by atoms with E-state index in [0.717, 1.165) is 30.5 Å². The fourth-order valence-corrected chi connectivity index (χ4v) is 5.07. The minimum Gasteiger partial charge on any atom is -0.494 e. The normalized spacial score (nSPS) is 18.8. The van der Waals surface area contributed by atoms with Crippen molar-refractivity contribution in [1.29, 1.82) is 0 Å². The number of ether oxygens (including phenoxy) is 1. The second-order valence-electron chi connectivity index (χ2n) is 7.74. The molecule has 4 rings (SSSR count). The average Bonchev–Trinajstić information content (AvgIpc) is 2.96. The van der Waals surface area contributed by atoms with Gasteiger partial charge in [-0.2, -0.15) is 0 Å². The molecule has 1 aliphatic heterocycles. The van der Waals surface area contributed by atoms with Gasteiger partial charge in [-0.1, -0.05) is 6.42 Å². The molecule has 1 saturated carbocycles. The van der Waals surface area contributed by atoms with Crippen molar-refractivity contribution in [2.24, 2.45) is 5.92 Å². The summed E-state index contributed by atoms with van der Waals surface area (Å²) in [7, 11) is -3.72. The van der Waals surface area contributed by atoms with E-state index in [2.05, 4.69) is 4.72 Å². The van der Waals surface area contributed by atoms with E-state index in [-0.39, 0.29) is 22.8 Å². The predicted molar refractivity (Wildman–Crippen MR) is 113 cm³/mol. The van der Waals surface area contributed by atoms with Gasteiger partial charge < -0.3 is 9.64 Å². The van der Waals surface area contributed by atoms with Crippen LogP contribution in [-0.4, -0.2) is 27.0 Å². The molecule has 154 valence electrons. The first kappa shape index (κ1) is 19.8. The smallest absolute Gasteiger partial charge is 0.261 e. The number of hydrogen-bond donors (Lipinski definition) is 1. The number of benzene rings is 2. The summed E-state index contributed by atoms with van der Waals surface area (Å²) in [5, 5.41) is 0. The first-order valence-electron chi connectivity index (χ1n) is 10.1. The van der Waals surface area contributed by atoms with Crippen molar-refractivity contribution in [2.45, 2.75) is 50.5 Å². The molecule has 0 saturated heterocycles. The van der Waals surface area contributed by atoms with Gasteiger partial charge in [0.25, 0.3) is 10.0 Å². The summed E-state index contributed by atoms with van der Waals surface area (Å²) in [6.45, 7) is 4.47. The lowest BCUT2D eigenvalue weighted by molar-refractivity contribution is -0.125. The molecule has 0 unspecified atom stereocenters. The summed E-state index contributed by atoms with van der Waals surface area (Å²) in [4.78, 5) is 14.8. The zero-order valence-corrected chi connectivity index (χ0v) is 17.5. The molecule has 1 amide bonds. The van der Waals surface area contributed by atoms with Crippen molar-refractivity contribution < 1.29 is 17.9 Å². The van der Waals surface area contributed by atoms with Gasteiger partial charge in [-0.15, -0.1) is 0 Å². The first-order valence-corrected chi connectivity index (χ1v) is 11.6. The number of anilines is 2. The quantitative estimate of drug-likeness (QED) is 0.776. The third-order valence-corrected chi connectivity index (χ3v) is 7.07. The Bertz CT molecular complexity index is 1010. The predicted octanol–water partition coefficient (Wildman–Crippen LogP) is 3.96. The van der Waals surface area contributed by atoms with Gasteiger partial charge in [-0.3, -0.25) is 9.52 Å². The summed E-state index contributed by atoms with van der Waals surface area (Å²) in [6, 6.07) is 11.9. The fourth-order valence-electron chi connectivity index (χ4n) is 3.96. The lowest BCUT2D eigenvalue weighted by Crippen LogP contribution is -2.42. The van der Waals surface area contributed by atoms with Gasteiger partial charge >= 0.3 is 0 Å². The maximum atomic E-state index is 12.8. The van der Waals surface area contributed by atoms with Crippen molar-refractivity contribution in [3.63, 3.8) is 0 Å². The molecular formula is C22H26N2O4S. The number of fused-ring (bicyclic) bond motifs is 1. The largest absolute Gasteiger partial charge is 0.494 e. The molecule has 0 bridgehead atoms. The van der Waals surface area contributed by atoms with Crippen LogP contribution in [0.15, 0.2) is 47.4 Å². The Morgan fingerprint density at radius 1 is 1.17 bits per heavy atom. The van der Waals surface area contributed by atoms with Gasteiger partial charge in [0.15, 0.2) is 0 Å². The van der Waals surface area contributed by atoms with Gasteiger partial charge in [-0.05, 0) is 81.1 Å². The number of nitrogens with one attached hydrogen (secondary N) is 1. The van der Waals surface area contributed by atoms with Gasteiger partial charge in [0.2, 0.25) is 5.91 Å². The van der Waals surface area contributed by atoms with E-state index in [1.54, 1.807) is 42.5 Å². The molecule has 2 aliphatic rings. The zero-order chi connectivity index (χ0) is 20.6. The highest BCUT2D eigenvalue weighted by atomic mass is 32.2. The van der Waals surface area contributed by atoms with Crippen LogP contribution in [0.1, 0.15) is 38.7 Å². The van der Waals surface area contributed by atoms with Crippen LogP contribution in [0.2, 0.25) is 0 Å². The molecule has 1 aliphatic carbocycles. The monoisotopic (exact) mass is 414 g/mol. The van der Waals surface area contributed by atoms with Gasteiger partial charge in [0, 0.05) is 23.3 Å². The van der Waals surface area contributed by atoms with Crippen molar-refractivity contribution in [1.82, 2.24) is 0 Å². The highest BCUT2D eigenvalue weighted by molar-refractivity contribution is 7.92. The molecule has 0 spiro atoms. The highest BCUT2D eigenvalue weighted by Crippen LogP contribution is 2.38. The number of sulfonamides is 1. The van der Waals surface area contributed by atoms with Crippen LogP contribution in [0.25, 0.3) is 0 Å². The molecule has 7 heteroatoms. The van der Waals surface area contributed by atoms with Crippen LogP contribution in [0.4, 0.5) is 11.4 Å². The topological polar surface area (TPSA) is 75.7 Å². The zero-order valence-electron chi connectivity index (χ0n) is 16.7. The molecule has 2 aromatic carbocycles. The molecule has 6 nitrogen and oxygen atoms in total. The second-order valence-corrected chi connectivity index (χ2v) is 9.43. The second kappa shape index (κ2) is 7.71. The lowest BCUT2D eigenvalue weighted by Gasteiger charge is -2.32. The van der Waals surface area contributed by atoms with Crippen molar-refractivity contribution in [3.8, 4) is 5.75 Å². The summed E-state index contributed by atoms with van der Waals surface area (Å²) >= 11 is 0. The van der Waals surface area contributed by atoms with Crippen molar-refractivity contribution >= 4 is 27.3 Å². The van der Waals surface area contributed by atoms with Crippen LogP contribution in [0, 0.1) is 5.92 Å². The maximum absolute atomic E-state index is 12.8. The van der Waals surface area contributed by atoms with Crippen LogP contribution in [-0.2, 0) is 21.2 Å². The number of carbonyl (C=O) groups excluding carboxylic acids is 1. The number of rotatable bonds is 6. The maximum Gasteiger partial charge on any atom is 0.261 e. The number of nitrogens with zero attached hydrogens (tertiary/aromatic N) is 1. The Balaban J connectivity index is 1.55. The van der Waals surface area contributed by atoms with Gasteiger partial charge in [-0.25, -0.2) is 8.42 Å². The lowest BCUT2D eigenvalue weighted by atomic mass is 9.84. The molecule has 2 aromatic rings. The summed E-state index contributed by atoms with van der Waals surface area (Å²) in [6.07, 6.45) is 3.69. The summed E-state index contributed by atoms with van der Waals surface area (Å²) in [5.74, 6) is 0.983. The van der Waals surface area contributed by atoms with E-state index in [0.29, 0.717) is 24.5 Å². The molecule has 1 N–H and O–H groups in total. The van der Waals surface area contributed by atoms with Crippen LogP contribution >= 0.6 is 0 Å². The van der Waals surface area contributed by atoms with Crippen molar-refractivity contribution in [2.75, 3.05) is 16.2 Å². The Hall–Kier alpha value is -2.54. The van der Waals surface area contributed by atoms with E-state index in [1.807, 2.05) is 18.7 Å². The summed E-state index contributed by atoms with van der Waals surface area (Å²) in [5.41, 5.74) is 2.22. The summed E-state index contributed by atoms with van der Waals surface area (Å²) < 4.78 is 33.7. The molecular weight excluding hydrogens is 388 g/mol. The average molecular weight is 415 g/mol. The Morgan fingerprint density at radius 3 is 2.52 bits per heavy atom. The SMILES string of the molecule is CCOc1ccc(NS(=O)(=O)c2ccc3c(c2)C[C@H](C)N3C(=O)C2CCC2)cc1. The number of hydrogen-bond acceptors (Lipinski definition) is 4. The van der Waals surface area contributed by atoms with Gasteiger partial charge in [0.05, 0.1) is 11.5 Å². The third kappa shape index (κ3) is 3.83. The van der Waals surface area contributed by atoms with E-state index >= 15 is 0 Å². The molecule has 1 fully saturated rings. The fraction of sp³-hybridized carbons (Fsp3) is 0.409. The number of amides is 1. The highest BCUT2D eigenvalue weighted by Gasteiger charge is 2.37. The van der Waals surface area contributed by atoms with E-state index < -0.39 is 10.0 Å². The molecule has 0 aromatic heterocycles. The molecule has 29 heavy (non-hydrogen) atoms. The first-order chi connectivity index (χ1) is 13.9. The Labute approximate surface area is 171 Å². The van der Waals surface area contributed by atoms with E-state index in [1.165, 1.54) is 0 Å². The molecule has 0 radical (unpaired) electrons. The molecule has 1 atom stereocenters. The molecule has 1 heterocycles. The Morgan fingerprint density at radius 2 is 1.90 bits per heavy atom. The minimum atomic E-state index is -3.72. The third-order valence-electron chi connectivity index (χ3n) is 5.69. The van der Waals surface area contributed by atoms with Crippen LogP contribution < -0.4 is 14.4 Å².